The highest BCUT2D eigenvalue weighted by Crippen LogP contribution is 2.23. The van der Waals surface area contributed by atoms with Crippen LogP contribution in [-0.4, -0.2) is 20.2 Å². The molecule has 0 fully saturated rings. The number of nitrogens with two attached hydrogens (primary N) is 1. The highest BCUT2D eigenvalue weighted by atomic mass is 35.5. The number of primary sulfonamides is 1. The summed E-state index contributed by atoms with van der Waals surface area (Å²) in [5.74, 6) is -0.0462. The summed E-state index contributed by atoms with van der Waals surface area (Å²) < 4.78 is 22.2. The van der Waals surface area contributed by atoms with Crippen LogP contribution in [0.5, 0.6) is 0 Å². The molecule has 0 saturated carbocycles. The summed E-state index contributed by atoms with van der Waals surface area (Å²) in [4.78, 5) is 11.2. The Kier molecular flexibility index (Phi) is 4.37. The number of carbonyl (C=O) groups excluding carboxylic acids is 1. The number of amides is 1. The van der Waals surface area contributed by atoms with Crippen LogP contribution in [0.25, 0.3) is 0 Å². The maximum absolute atomic E-state index is 11.1. The molecule has 7 heteroatoms. The van der Waals surface area contributed by atoms with Crippen molar-refractivity contribution < 1.29 is 13.2 Å². The molecule has 1 unspecified atom stereocenters. The van der Waals surface area contributed by atoms with Crippen molar-refractivity contribution in [2.75, 3.05) is 5.88 Å². The number of hydrogen-bond acceptors (Lipinski definition) is 3. The van der Waals surface area contributed by atoms with Gasteiger partial charge in [0.15, 0.2) is 0 Å². The van der Waals surface area contributed by atoms with Crippen LogP contribution in [0.2, 0.25) is 0 Å². The summed E-state index contributed by atoms with van der Waals surface area (Å²) in [6.45, 7) is 3.15. The maximum Gasteiger partial charge on any atom is 0.238 e. The Hall–Kier alpha value is -1.11. The maximum atomic E-state index is 11.1. The molecule has 1 aromatic carbocycles. The molecule has 0 bridgehead atoms. The van der Waals surface area contributed by atoms with Crippen molar-refractivity contribution in [3.63, 3.8) is 0 Å². The third-order valence-electron chi connectivity index (χ3n) is 2.54. The molecule has 0 aromatic heterocycles. The van der Waals surface area contributed by atoms with Gasteiger partial charge in [-0.15, -0.1) is 11.6 Å². The number of rotatable bonds is 4. The second kappa shape index (κ2) is 5.26. The van der Waals surface area contributed by atoms with Crippen LogP contribution >= 0.6 is 11.6 Å². The summed E-state index contributed by atoms with van der Waals surface area (Å²) in [6, 6.07) is 5.94. The third kappa shape index (κ3) is 3.44. The number of carbonyl (C=O) groups is 1. The largest absolute Gasteiger partial charge is 0.346 e. The minimum absolute atomic E-state index is 0.0194. The molecule has 0 heterocycles. The number of halogens is 1. The van der Waals surface area contributed by atoms with Gasteiger partial charge in [0.25, 0.3) is 0 Å². The van der Waals surface area contributed by atoms with Crippen molar-refractivity contribution in [1.29, 1.82) is 0 Å². The SMILES string of the molecule is CC(=O)NC(C)(CCl)c1ccc(S(N)(=O)=O)cc1. The van der Waals surface area contributed by atoms with E-state index in [9.17, 15) is 13.2 Å². The first-order chi connectivity index (χ1) is 8.19. The molecule has 0 aliphatic rings. The van der Waals surface area contributed by atoms with Crippen molar-refractivity contribution in [2.45, 2.75) is 24.3 Å². The van der Waals surface area contributed by atoms with Gasteiger partial charge in [0, 0.05) is 12.8 Å². The molecule has 0 aliphatic carbocycles. The molecule has 0 spiro atoms. The summed E-state index contributed by atoms with van der Waals surface area (Å²) in [5, 5.41) is 7.73. The van der Waals surface area contributed by atoms with Crippen LogP contribution in [0, 0.1) is 0 Å². The fourth-order valence-corrected chi connectivity index (χ4v) is 2.32. The second-order valence-electron chi connectivity index (χ2n) is 4.22. The molecule has 3 N–H and O–H groups in total. The number of alkyl halides is 1. The van der Waals surface area contributed by atoms with Crippen LogP contribution in [0.1, 0.15) is 19.4 Å². The van der Waals surface area contributed by atoms with Crippen LogP contribution in [0.4, 0.5) is 0 Å². The van der Waals surface area contributed by atoms with Crippen molar-refractivity contribution in [3.05, 3.63) is 29.8 Å². The van der Waals surface area contributed by atoms with Crippen LogP contribution in [-0.2, 0) is 20.4 Å². The van der Waals surface area contributed by atoms with E-state index in [2.05, 4.69) is 5.32 Å². The molecule has 0 radical (unpaired) electrons. The van der Waals surface area contributed by atoms with Crippen molar-refractivity contribution in [2.24, 2.45) is 5.14 Å². The quantitative estimate of drug-likeness (QED) is 0.808. The topological polar surface area (TPSA) is 89.3 Å². The highest BCUT2D eigenvalue weighted by Gasteiger charge is 2.26. The van der Waals surface area contributed by atoms with Gasteiger partial charge >= 0.3 is 0 Å². The molecule has 1 aromatic rings. The van der Waals surface area contributed by atoms with Crippen molar-refractivity contribution in [1.82, 2.24) is 5.32 Å². The first kappa shape index (κ1) is 14.9. The van der Waals surface area contributed by atoms with E-state index in [1.165, 1.54) is 19.1 Å². The van der Waals surface area contributed by atoms with E-state index in [1.807, 2.05) is 0 Å². The Morgan fingerprint density at radius 1 is 1.39 bits per heavy atom. The van der Waals surface area contributed by atoms with E-state index in [4.69, 9.17) is 16.7 Å². The fourth-order valence-electron chi connectivity index (χ4n) is 1.58. The van der Waals surface area contributed by atoms with E-state index in [1.54, 1.807) is 19.1 Å². The van der Waals surface area contributed by atoms with Crippen molar-refractivity contribution in [3.8, 4) is 0 Å². The lowest BCUT2D eigenvalue weighted by molar-refractivity contribution is -0.120. The van der Waals surface area contributed by atoms with E-state index >= 15 is 0 Å². The fraction of sp³-hybridized carbons (Fsp3) is 0.364. The summed E-state index contributed by atoms with van der Waals surface area (Å²) >= 11 is 5.86. The smallest absolute Gasteiger partial charge is 0.238 e. The first-order valence-corrected chi connectivity index (χ1v) is 7.25. The molecule has 1 amide bonds. The van der Waals surface area contributed by atoms with Gasteiger partial charge in [-0.2, -0.15) is 0 Å². The zero-order valence-corrected chi connectivity index (χ0v) is 11.7. The summed E-state index contributed by atoms with van der Waals surface area (Å²) in [5.41, 5.74) is -0.0373. The van der Waals surface area contributed by atoms with Gasteiger partial charge in [-0.05, 0) is 24.6 Å². The average Bonchev–Trinajstić information content (AvgIpc) is 2.27. The predicted octanol–water partition coefficient (Wildman–Crippen LogP) is 0.924. The van der Waals surface area contributed by atoms with Crippen molar-refractivity contribution >= 4 is 27.5 Å². The van der Waals surface area contributed by atoms with E-state index in [-0.39, 0.29) is 16.7 Å². The minimum atomic E-state index is -3.72. The number of hydrogen-bond donors (Lipinski definition) is 2. The molecule has 18 heavy (non-hydrogen) atoms. The van der Waals surface area contributed by atoms with Gasteiger partial charge in [0.2, 0.25) is 15.9 Å². The lowest BCUT2D eigenvalue weighted by Gasteiger charge is -2.28. The molecule has 1 atom stereocenters. The Labute approximate surface area is 111 Å². The van der Waals surface area contributed by atoms with Gasteiger partial charge in [-0.3, -0.25) is 4.79 Å². The summed E-state index contributed by atoms with van der Waals surface area (Å²) in [7, 11) is -3.72. The number of benzene rings is 1. The van der Waals surface area contributed by atoms with E-state index < -0.39 is 15.6 Å². The summed E-state index contributed by atoms with van der Waals surface area (Å²) in [6.07, 6.45) is 0. The molecule has 0 aliphatic heterocycles. The molecule has 1 rings (SSSR count). The number of nitrogens with one attached hydrogen (secondary N) is 1. The molecule has 100 valence electrons. The normalized spacial score (nSPS) is 14.9. The molecular formula is C11H15ClN2O3S. The zero-order chi connectivity index (χ0) is 14.0. The predicted molar refractivity (Wildman–Crippen MR) is 69.7 cm³/mol. The standard InChI is InChI=1S/C11H15ClN2O3S/c1-8(15)14-11(2,7-12)9-3-5-10(6-4-9)18(13,16)17/h3-6H,7H2,1-2H3,(H,14,15)(H2,13,16,17). The zero-order valence-electron chi connectivity index (χ0n) is 10.1. The number of sulfonamides is 1. The van der Waals surface area contributed by atoms with Gasteiger partial charge in [0.05, 0.1) is 10.4 Å². The lowest BCUT2D eigenvalue weighted by atomic mass is 9.94. The van der Waals surface area contributed by atoms with E-state index in [0.29, 0.717) is 5.56 Å². The molecular weight excluding hydrogens is 276 g/mol. The monoisotopic (exact) mass is 290 g/mol. The van der Waals surface area contributed by atoms with Gasteiger partial charge in [0.1, 0.15) is 0 Å². The average molecular weight is 291 g/mol. The Morgan fingerprint density at radius 3 is 2.22 bits per heavy atom. The van der Waals surface area contributed by atoms with Crippen LogP contribution < -0.4 is 10.5 Å². The third-order valence-corrected chi connectivity index (χ3v) is 4.00. The Morgan fingerprint density at radius 2 is 1.89 bits per heavy atom. The second-order valence-corrected chi connectivity index (χ2v) is 6.04. The lowest BCUT2D eigenvalue weighted by Crippen LogP contribution is -2.44. The van der Waals surface area contributed by atoms with Gasteiger partial charge < -0.3 is 5.32 Å². The van der Waals surface area contributed by atoms with Gasteiger partial charge in [-0.25, -0.2) is 13.6 Å². The molecule has 5 nitrogen and oxygen atoms in total. The molecule has 0 saturated heterocycles. The van der Waals surface area contributed by atoms with Crippen LogP contribution in [0.15, 0.2) is 29.2 Å². The Bertz CT molecular complexity index is 542. The Balaban J connectivity index is 3.13. The van der Waals surface area contributed by atoms with E-state index in [0.717, 1.165) is 0 Å². The van der Waals surface area contributed by atoms with Gasteiger partial charge in [-0.1, -0.05) is 12.1 Å². The minimum Gasteiger partial charge on any atom is -0.346 e. The first-order valence-electron chi connectivity index (χ1n) is 5.17. The highest BCUT2D eigenvalue weighted by molar-refractivity contribution is 7.89. The van der Waals surface area contributed by atoms with Crippen LogP contribution in [0.3, 0.4) is 0 Å².